The number of rotatable bonds is 4. The molecular formula is C17H12F6N4O2. The molecule has 0 radical (unpaired) electrons. The van der Waals surface area contributed by atoms with Crippen LogP contribution in [-0.2, 0) is 23.6 Å². The van der Waals surface area contributed by atoms with Crippen LogP contribution >= 0.6 is 0 Å². The second-order valence-electron chi connectivity index (χ2n) is 5.92. The Bertz CT molecular complexity index is 989. The largest absolute Gasteiger partial charge is 0.464 e. The van der Waals surface area contributed by atoms with Crippen LogP contribution in [-0.4, -0.2) is 32.6 Å². The van der Waals surface area contributed by atoms with Crippen LogP contribution in [0.15, 0.2) is 42.7 Å². The van der Waals surface area contributed by atoms with Crippen LogP contribution in [0, 0.1) is 0 Å². The number of benzene rings is 1. The number of esters is 1. The van der Waals surface area contributed by atoms with E-state index in [4.69, 9.17) is 0 Å². The molecule has 3 rings (SSSR count). The van der Waals surface area contributed by atoms with Gasteiger partial charge in [0.2, 0.25) is 5.69 Å². The number of alkyl halides is 6. The first-order chi connectivity index (χ1) is 13.5. The Balaban J connectivity index is 2.11. The molecule has 12 heteroatoms. The molecule has 0 fully saturated rings. The van der Waals surface area contributed by atoms with Gasteiger partial charge < -0.3 is 9.30 Å². The molecule has 2 heterocycles. The number of nitrogens with zero attached hydrogens (tertiary/aromatic N) is 4. The van der Waals surface area contributed by atoms with E-state index in [0.717, 1.165) is 11.8 Å². The molecule has 0 saturated heterocycles. The van der Waals surface area contributed by atoms with Gasteiger partial charge in [-0.15, -0.1) is 5.10 Å². The molecule has 2 aromatic heterocycles. The van der Waals surface area contributed by atoms with E-state index in [9.17, 15) is 31.1 Å². The van der Waals surface area contributed by atoms with Gasteiger partial charge >= 0.3 is 18.3 Å². The maximum absolute atomic E-state index is 13.1. The first-order valence-electron chi connectivity index (χ1n) is 7.94. The Hall–Kier alpha value is -3.31. The van der Waals surface area contributed by atoms with Gasteiger partial charge in [-0.3, -0.25) is 0 Å². The van der Waals surface area contributed by atoms with Gasteiger partial charge in [0.25, 0.3) is 0 Å². The highest BCUT2D eigenvalue weighted by Gasteiger charge is 2.37. The number of methoxy groups -OCH3 is 1. The Kier molecular flexibility index (Phi) is 5.11. The lowest BCUT2D eigenvalue weighted by atomic mass is 10.0. The maximum atomic E-state index is 13.1. The lowest BCUT2D eigenvalue weighted by molar-refractivity contribution is -0.143. The molecule has 29 heavy (non-hydrogen) atoms. The lowest BCUT2D eigenvalue weighted by Gasteiger charge is -2.15. The van der Waals surface area contributed by atoms with Crippen molar-refractivity contribution in [3.05, 3.63) is 65.1 Å². The van der Waals surface area contributed by atoms with Crippen LogP contribution in [0.5, 0.6) is 0 Å². The van der Waals surface area contributed by atoms with Gasteiger partial charge in [-0.05, 0) is 35.9 Å². The summed E-state index contributed by atoms with van der Waals surface area (Å²) in [6.07, 6.45) is -6.93. The van der Waals surface area contributed by atoms with Crippen molar-refractivity contribution in [1.82, 2.24) is 19.6 Å². The van der Waals surface area contributed by atoms with Gasteiger partial charge in [-0.25, -0.2) is 9.48 Å². The number of hydrogen-bond acceptors (Lipinski definition) is 4. The molecule has 1 aromatic carbocycles. The minimum Gasteiger partial charge on any atom is -0.464 e. The van der Waals surface area contributed by atoms with Gasteiger partial charge in [0.1, 0.15) is 0 Å². The molecule has 0 saturated carbocycles. The van der Waals surface area contributed by atoms with Crippen LogP contribution in [0.4, 0.5) is 26.3 Å². The van der Waals surface area contributed by atoms with Crippen molar-refractivity contribution < 1.29 is 35.9 Å². The second-order valence-corrected chi connectivity index (χ2v) is 5.92. The SMILES string of the molecule is COC(=O)c1nnn(Cc2cc(C(F)(F)F)cc(C(F)(F)F)c2)c1-n1cccc1. The van der Waals surface area contributed by atoms with E-state index >= 15 is 0 Å². The third kappa shape index (κ3) is 4.25. The molecule has 0 bridgehead atoms. The smallest absolute Gasteiger partial charge is 0.416 e. The molecule has 6 nitrogen and oxygen atoms in total. The van der Waals surface area contributed by atoms with Crippen LogP contribution in [0.1, 0.15) is 27.2 Å². The van der Waals surface area contributed by atoms with E-state index in [-0.39, 0.29) is 23.1 Å². The molecule has 0 unspecified atom stereocenters. The summed E-state index contributed by atoms with van der Waals surface area (Å²) in [4.78, 5) is 11.9. The Labute approximate surface area is 159 Å². The topological polar surface area (TPSA) is 61.9 Å². The number of carbonyl (C=O) groups is 1. The number of aromatic nitrogens is 4. The quantitative estimate of drug-likeness (QED) is 0.476. The summed E-state index contributed by atoms with van der Waals surface area (Å²) in [6.45, 7) is -0.496. The second kappa shape index (κ2) is 7.26. The monoisotopic (exact) mass is 418 g/mol. The average molecular weight is 418 g/mol. The highest BCUT2D eigenvalue weighted by molar-refractivity contribution is 5.90. The van der Waals surface area contributed by atoms with E-state index in [1.54, 1.807) is 12.1 Å². The van der Waals surface area contributed by atoms with Crippen molar-refractivity contribution in [2.45, 2.75) is 18.9 Å². The van der Waals surface area contributed by atoms with E-state index < -0.39 is 36.0 Å². The Morgan fingerprint density at radius 3 is 2.03 bits per heavy atom. The van der Waals surface area contributed by atoms with E-state index in [2.05, 4.69) is 15.0 Å². The standard InChI is InChI=1S/C17H12F6N4O2/c1-29-15(28)13-14(26-4-2-3-5-26)27(25-24-13)9-10-6-11(16(18,19)20)8-12(7-10)17(21,22)23/h2-8H,9H2,1H3. The minimum absolute atomic E-state index is 0.0350. The molecule has 0 amide bonds. The fraction of sp³-hybridized carbons (Fsp3) is 0.235. The molecule has 0 aliphatic rings. The minimum atomic E-state index is -4.97. The molecule has 0 atom stereocenters. The third-order valence-corrected chi connectivity index (χ3v) is 3.92. The van der Waals surface area contributed by atoms with Crippen LogP contribution in [0.3, 0.4) is 0 Å². The van der Waals surface area contributed by atoms with Gasteiger partial charge in [0.15, 0.2) is 5.82 Å². The zero-order valence-corrected chi connectivity index (χ0v) is 14.6. The van der Waals surface area contributed by atoms with Gasteiger partial charge in [-0.1, -0.05) is 5.21 Å². The summed E-state index contributed by atoms with van der Waals surface area (Å²) in [5.41, 5.74) is -3.45. The fourth-order valence-corrected chi connectivity index (χ4v) is 2.66. The molecule has 3 aromatic rings. The van der Waals surface area contributed by atoms with Crippen LogP contribution in [0.25, 0.3) is 5.82 Å². The normalized spacial score (nSPS) is 12.2. The van der Waals surface area contributed by atoms with Gasteiger partial charge in [0.05, 0.1) is 24.8 Å². The summed E-state index contributed by atoms with van der Waals surface area (Å²) in [5, 5.41) is 7.36. The summed E-state index contributed by atoms with van der Waals surface area (Å²) in [5.74, 6) is -0.826. The summed E-state index contributed by atoms with van der Waals surface area (Å²) in [7, 11) is 1.10. The van der Waals surface area contributed by atoms with Crippen molar-refractivity contribution in [3.8, 4) is 5.82 Å². The average Bonchev–Trinajstić information content (AvgIpc) is 3.28. The molecular weight excluding hydrogens is 406 g/mol. The first kappa shape index (κ1) is 20.4. The Morgan fingerprint density at radius 2 is 1.55 bits per heavy atom. The number of ether oxygens (including phenoxy) is 1. The summed E-state index contributed by atoms with van der Waals surface area (Å²) >= 11 is 0. The molecule has 154 valence electrons. The van der Waals surface area contributed by atoms with Gasteiger partial charge in [0, 0.05) is 12.4 Å². The highest BCUT2D eigenvalue weighted by atomic mass is 19.4. The van der Waals surface area contributed by atoms with Crippen LogP contribution < -0.4 is 0 Å². The number of carbonyl (C=O) groups excluding carboxylic acids is 1. The maximum Gasteiger partial charge on any atom is 0.416 e. The van der Waals surface area contributed by atoms with E-state index in [0.29, 0.717) is 12.1 Å². The number of hydrogen-bond donors (Lipinski definition) is 0. The van der Waals surface area contributed by atoms with Crippen molar-refractivity contribution in [2.75, 3.05) is 7.11 Å². The fourth-order valence-electron chi connectivity index (χ4n) is 2.66. The van der Waals surface area contributed by atoms with Crippen molar-refractivity contribution in [1.29, 1.82) is 0 Å². The van der Waals surface area contributed by atoms with Gasteiger partial charge in [-0.2, -0.15) is 26.3 Å². The number of halogens is 6. The predicted molar refractivity (Wildman–Crippen MR) is 86.2 cm³/mol. The van der Waals surface area contributed by atoms with E-state index in [1.165, 1.54) is 17.0 Å². The summed E-state index contributed by atoms with van der Waals surface area (Å²) in [6, 6.07) is 4.43. The predicted octanol–water partition coefficient (Wildman–Crippen LogP) is 3.94. The molecule has 0 N–H and O–H groups in total. The molecule has 0 spiro atoms. The van der Waals surface area contributed by atoms with Crippen molar-refractivity contribution in [3.63, 3.8) is 0 Å². The Morgan fingerprint density at radius 1 is 1.00 bits per heavy atom. The third-order valence-electron chi connectivity index (χ3n) is 3.92. The van der Waals surface area contributed by atoms with Crippen molar-refractivity contribution >= 4 is 5.97 Å². The zero-order valence-electron chi connectivity index (χ0n) is 14.6. The zero-order chi connectivity index (χ0) is 21.4. The first-order valence-corrected chi connectivity index (χ1v) is 7.94. The summed E-state index contributed by atoms with van der Waals surface area (Å²) < 4.78 is 85.4. The molecule has 0 aliphatic heterocycles. The molecule has 0 aliphatic carbocycles. The van der Waals surface area contributed by atoms with E-state index in [1.807, 2.05) is 0 Å². The lowest BCUT2D eigenvalue weighted by Crippen LogP contribution is -2.15. The van der Waals surface area contributed by atoms with Crippen LogP contribution in [0.2, 0.25) is 0 Å². The highest BCUT2D eigenvalue weighted by Crippen LogP contribution is 2.36. The van der Waals surface area contributed by atoms with Crippen molar-refractivity contribution in [2.24, 2.45) is 0 Å².